The van der Waals surface area contributed by atoms with Crippen molar-refractivity contribution in [2.45, 2.75) is 18.7 Å². The van der Waals surface area contributed by atoms with Gasteiger partial charge in [0.1, 0.15) is 0 Å². The van der Waals surface area contributed by atoms with Crippen LogP contribution in [0.15, 0.2) is 0 Å². The van der Waals surface area contributed by atoms with Gasteiger partial charge in [-0.1, -0.05) is 22.9 Å². The molecule has 11 heavy (non-hydrogen) atoms. The Hall–Kier alpha value is 0.390. The smallest absolute Gasteiger partial charge is 0.212 e. The molecular weight excluding hydrogens is 230 g/mol. The van der Waals surface area contributed by atoms with Gasteiger partial charge in [0.15, 0.2) is 0 Å². The minimum atomic E-state index is -2.99. The molecule has 0 amide bonds. The first-order chi connectivity index (χ1) is 4.90. The Bertz CT molecular complexity index is 201. The Balaban J connectivity index is 4.14. The SMILES string of the molecule is CCS(=O)(=O)N(C)CC(C)Br. The summed E-state index contributed by atoms with van der Waals surface area (Å²) in [6.07, 6.45) is 0. The quantitative estimate of drug-likeness (QED) is 0.693. The summed E-state index contributed by atoms with van der Waals surface area (Å²) < 4.78 is 23.6. The van der Waals surface area contributed by atoms with Gasteiger partial charge in [0, 0.05) is 18.4 Å². The number of nitrogens with zero attached hydrogens (tertiary/aromatic N) is 1. The number of halogens is 1. The highest BCUT2D eigenvalue weighted by molar-refractivity contribution is 9.09. The van der Waals surface area contributed by atoms with Gasteiger partial charge in [0.2, 0.25) is 10.0 Å². The Labute approximate surface area is 77.0 Å². The molecule has 0 bridgehead atoms. The summed E-state index contributed by atoms with van der Waals surface area (Å²) in [5.41, 5.74) is 0. The minimum Gasteiger partial charge on any atom is -0.212 e. The molecule has 0 rings (SSSR count). The summed E-state index contributed by atoms with van der Waals surface area (Å²) >= 11 is 3.29. The van der Waals surface area contributed by atoms with Crippen LogP contribution in [0, 0.1) is 0 Å². The number of sulfonamides is 1. The van der Waals surface area contributed by atoms with Crippen LogP contribution in [0.1, 0.15) is 13.8 Å². The number of alkyl halides is 1. The molecule has 0 aromatic heterocycles. The molecular formula is C6H14BrNO2S. The first kappa shape index (κ1) is 11.4. The van der Waals surface area contributed by atoms with Gasteiger partial charge < -0.3 is 0 Å². The normalized spacial score (nSPS) is 15.4. The predicted octanol–water partition coefficient (Wildman–Crippen LogP) is 1.05. The van der Waals surface area contributed by atoms with Crippen molar-refractivity contribution in [1.29, 1.82) is 0 Å². The van der Waals surface area contributed by atoms with Crippen molar-refractivity contribution in [3.8, 4) is 0 Å². The molecule has 0 saturated carbocycles. The lowest BCUT2D eigenvalue weighted by Crippen LogP contribution is -2.32. The Morgan fingerprint density at radius 1 is 1.55 bits per heavy atom. The monoisotopic (exact) mass is 243 g/mol. The van der Waals surface area contributed by atoms with Gasteiger partial charge >= 0.3 is 0 Å². The molecule has 0 aliphatic heterocycles. The van der Waals surface area contributed by atoms with Crippen LogP contribution in [0.4, 0.5) is 0 Å². The standard InChI is InChI=1S/C6H14BrNO2S/c1-4-11(9,10)8(3)5-6(2)7/h6H,4-5H2,1-3H3. The maximum atomic E-state index is 11.1. The fourth-order valence-corrected chi connectivity index (χ4v) is 2.21. The molecule has 0 saturated heterocycles. The number of hydrogen-bond donors (Lipinski definition) is 0. The molecule has 0 radical (unpaired) electrons. The van der Waals surface area contributed by atoms with Crippen LogP contribution in [-0.4, -0.2) is 36.9 Å². The highest BCUT2D eigenvalue weighted by Crippen LogP contribution is 2.04. The van der Waals surface area contributed by atoms with Gasteiger partial charge in [-0.2, -0.15) is 0 Å². The molecule has 1 unspecified atom stereocenters. The third-order valence-electron chi connectivity index (χ3n) is 1.35. The van der Waals surface area contributed by atoms with E-state index in [4.69, 9.17) is 0 Å². The van der Waals surface area contributed by atoms with Crippen LogP contribution in [0.2, 0.25) is 0 Å². The maximum Gasteiger partial charge on any atom is 0.213 e. The fourth-order valence-electron chi connectivity index (χ4n) is 0.688. The van der Waals surface area contributed by atoms with E-state index >= 15 is 0 Å². The van der Waals surface area contributed by atoms with Gasteiger partial charge in [-0.15, -0.1) is 0 Å². The number of rotatable bonds is 4. The second-order valence-electron chi connectivity index (χ2n) is 2.46. The minimum absolute atomic E-state index is 0.170. The Kier molecular flexibility index (Phi) is 4.58. The second-order valence-corrected chi connectivity index (χ2v) is 6.39. The highest BCUT2D eigenvalue weighted by atomic mass is 79.9. The maximum absolute atomic E-state index is 11.1. The van der Waals surface area contributed by atoms with E-state index in [0.29, 0.717) is 6.54 Å². The average molecular weight is 244 g/mol. The van der Waals surface area contributed by atoms with E-state index in [0.717, 1.165) is 0 Å². The molecule has 0 aliphatic carbocycles. The summed E-state index contributed by atoms with van der Waals surface area (Å²) in [7, 11) is -1.40. The van der Waals surface area contributed by atoms with Crippen molar-refractivity contribution in [2.75, 3.05) is 19.3 Å². The van der Waals surface area contributed by atoms with E-state index < -0.39 is 10.0 Å². The third-order valence-corrected chi connectivity index (χ3v) is 3.47. The van der Waals surface area contributed by atoms with E-state index in [9.17, 15) is 8.42 Å². The van der Waals surface area contributed by atoms with E-state index in [1.165, 1.54) is 4.31 Å². The first-order valence-electron chi connectivity index (χ1n) is 3.48. The van der Waals surface area contributed by atoms with Crippen LogP contribution in [0.3, 0.4) is 0 Å². The van der Waals surface area contributed by atoms with Gasteiger partial charge in [-0.25, -0.2) is 12.7 Å². The third kappa shape index (κ3) is 4.08. The molecule has 0 N–H and O–H groups in total. The lowest BCUT2D eigenvalue weighted by Gasteiger charge is -2.16. The molecule has 68 valence electrons. The van der Waals surface area contributed by atoms with Crippen LogP contribution in [0.25, 0.3) is 0 Å². The average Bonchev–Trinajstić information content (AvgIpc) is 1.86. The Morgan fingerprint density at radius 2 is 2.00 bits per heavy atom. The molecule has 0 spiro atoms. The zero-order valence-electron chi connectivity index (χ0n) is 7.04. The van der Waals surface area contributed by atoms with Crippen LogP contribution in [-0.2, 0) is 10.0 Å². The zero-order valence-corrected chi connectivity index (χ0v) is 9.44. The van der Waals surface area contributed by atoms with Crippen molar-refractivity contribution >= 4 is 26.0 Å². The zero-order chi connectivity index (χ0) is 9.07. The second kappa shape index (κ2) is 4.42. The summed E-state index contributed by atoms with van der Waals surface area (Å²) in [5, 5.41) is 0. The molecule has 3 nitrogen and oxygen atoms in total. The topological polar surface area (TPSA) is 37.4 Å². The van der Waals surface area contributed by atoms with E-state index in [2.05, 4.69) is 15.9 Å². The Morgan fingerprint density at radius 3 is 2.27 bits per heavy atom. The van der Waals surface area contributed by atoms with Gasteiger partial charge in [0.05, 0.1) is 5.75 Å². The molecule has 0 aliphatic rings. The van der Waals surface area contributed by atoms with Crippen molar-refractivity contribution < 1.29 is 8.42 Å². The van der Waals surface area contributed by atoms with E-state index in [1.54, 1.807) is 14.0 Å². The lowest BCUT2D eigenvalue weighted by atomic mass is 10.5. The van der Waals surface area contributed by atoms with Gasteiger partial charge in [0.25, 0.3) is 0 Å². The van der Waals surface area contributed by atoms with Crippen molar-refractivity contribution in [3.63, 3.8) is 0 Å². The summed E-state index contributed by atoms with van der Waals surface area (Å²) in [6.45, 7) is 4.09. The summed E-state index contributed by atoms with van der Waals surface area (Å²) in [5.74, 6) is 0.170. The van der Waals surface area contributed by atoms with Crippen LogP contribution >= 0.6 is 15.9 Å². The summed E-state index contributed by atoms with van der Waals surface area (Å²) in [4.78, 5) is 0.203. The van der Waals surface area contributed by atoms with Gasteiger partial charge in [-0.05, 0) is 6.92 Å². The lowest BCUT2D eigenvalue weighted by molar-refractivity contribution is 0.475. The van der Waals surface area contributed by atoms with Crippen molar-refractivity contribution in [3.05, 3.63) is 0 Å². The van der Waals surface area contributed by atoms with Crippen molar-refractivity contribution in [2.24, 2.45) is 0 Å². The van der Waals surface area contributed by atoms with E-state index in [-0.39, 0.29) is 10.6 Å². The molecule has 1 atom stereocenters. The molecule has 0 fully saturated rings. The molecule has 0 aromatic carbocycles. The predicted molar refractivity (Wildman–Crippen MR) is 50.5 cm³/mol. The number of hydrogen-bond acceptors (Lipinski definition) is 2. The molecule has 5 heteroatoms. The largest absolute Gasteiger partial charge is 0.213 e. The van der Waals surface area contributed by atoms with E-state index in [1.807, 2.05) is 6.92 Å². The molecule has 0 aromatic rings. The fraction of sp³-hybridized carbons (Fsp3) is 1.00. The van der Waals surface area contributed by atoms with Crippen LogP contribution in [0.5, 0.6) is 0 Å². The van der Waals surface area contributed by atoms with Crippen LogP contribution < -0.4 is 0 Å². The van der Waals surface area contributed by atoms with Crippen molar-refractivity contribution in [1.82, 2.24) is 4.31 Å². The molecule has 0 heterocycles. The highest BCUT2D eigenvalue weighted by Gasteiger charge is 2.15. The van der Waals surface area contributed by atoms with Gasteiger partial charge in [-0.3, -0.25) is 0 Å². The summed E-state index contributed by atoms with van der Waals surface area (Å²) in [6, 6.07) is 0. The first-order valence-corrected chi connectivity index (χ1v) is 6.00.